The minimum atomic E-state index is -0.426. The van der Waals surface area contributed by atoms with E-state index in [-0.39, 0.29) is 0 Å². The fourth-order valence-electron chi connectivity index (χ4n) is 6.24. The quantitative estimate of drug-likeness (QED) is 0.422. The topological polar surface area (TPSA) is 18.5 Å². The molecule has 2 aliphatic carbocycles. The van der Waals surface area contributed by atoms with Crippen LogP contribution in [0.25, 0.3) is 0 Å². The zero-order valence-electron chi connectivity index (χ0n) is 19.5. The highest BCUT2D eigenvalue weighted by Crippen LogP contribution is 2.55. The second-order valence-corrected chi connectivity index (χ2v) is 11.8. The molecule has 3 heteroatoms. The van der Waals surface area contributed by atoms with E-state index in [1.165, 1.54) is 42.5 Å². The molecule has 2 aromatic carbocycles. The Kier molecular flexibility index (Phi) is 6.68. The molecule has 0 amide bonds. The van der Waals surface area contributed by atoms with Gasteiger partial charge in [-0.25, -0.2) is 0 Å². The van der Waals surface area contributed by atoms with Gasteiger partial charge in [0.05, 0.1) is 22.7 Å². The number of rotatable bonds is 6. The summed E-state index contributed by atoms with van der Waals surface area (Å²) in [6.07, 6.45) is 7.78. The lowest BCUT2D eigenvalue weighted by molar-refractivity contribution is -0.256. The smallest absolute Gasteiger partial charge is 0.162 e. The summed E-state index contributed by atoms with van der Waals surface area (Å²) in [5.41, 5.74) is 3.22. The maximum absolute atomic E-state index is 5.94. The molecule has 5 rings (SSSR count). The first-order valence-electron chi connectivity index (χ1n) is 12.4. The lowest BCUT2D eigenvalue weighted by Crippen LogP contribution is -2.38. The van der Waals surface area contributed by atoms with E-state index in [0.717, 1.165) is 46.4 Å². The van der Waals surface area contributed by atoms with Gasteiger partial charge in [-0.15, -0.1) is 0 Å². The molecule has 1 heterocycles. The van der Waals surface area contributed by atoms with Crippen molar-refractivity contribution < 1.29 is 9.47 Å². The van der Waals surface area contributed by atoms with Crippen LogP contribution in [0.2, 0.25) is 6.04 Å². The van der Waals surface area contributed by atoms with Crippen molar-refractivity contribution in [1.82, 2.24) is 0 Å². The highest BCUT2D eigenvalue weighted by Gasteiger charge is 2.47. The van der Waals surface area contributed by atoms with Gasteiger partial charge in [0.25, 0.3) is 0 Å². The summed E-state index contributed by atoms with van der Waals surface area (Å²) >= 11 is 0. The van der Waals surface area contributed by atoms with Crippen molar-refractivity contribution in [3.05, 3.63) is 77.9 Å². The van der Waals surface area contributed by atoms with Gasteiger partial charge < -0.3 is 9.47 Å². The first-order valence-corrected chi connectivity index (χ1v) is 13.6. The zero-order chi connectivity index (χ0) is 22.0. The Hall–Kier alpha value is -1.68. The van der Waals surface area contributed by atoms with Crippen LogP contribution in [0, 0.1) is 29.6 Å². The number of hydrogen-bond acceptors (Lipinski definition) is 2. The van der Waals surface area contributed by atoms with Gasteiger partial charge in [0.2, 0.25) is 0 Å². The Morgan fingerprint density at radius 3 is 2.38 bits per heavy atom. The lowest BCUT2D eigenvalue weighted by atomic mass is 9.83. The lowest BCUT2D eigenvalue weighted by Gasteiger charge is -2.34. The predicted molar refractivity (Wildman–Crippen MR) is 132 cm³/mol. The first kappa shape index (κ1) is 22.1. The molecule has 32 heavy (non-hydrogen) atoms. The van der Waals surface area contributed by atoms with E-state index in [1.807, 2.05) is 13.8 Å². The molecule has 2 saturated carbocycles. The Morgan fingerprint density at radius 2 is 1.66 bits per heavy atom. The molecular formula is C29H36O2Si. The predicted octanol–water partition coefficient (Wildman–Crippen LogP) is 5.66. The van der Waals surface area contributed by atoms with Crippen LogP contribution >= 0.6 is 0 Å². The van der Waals surface area contributed by atoms with E-state index in [4.69, 9.17) is 9.47 Å². The van der Waals surface area contributed by atoms with Crippen LogP contribution < -0.4 is 5.19 Å². The summed E-state index contributed by atoms with van der Waals surface area (Å²) < 4.78 is 11.9. The van der Waals surface area contributed by atoms with Gasteiger partial charge >= 0.3 is 0 Å². The van der Waals surface area contributed by atoms with Crippen LogP contribution in [0.1, 0.15) is 38.7 Å². The summed E-state index contributed by atoms with van der Waals surface area (Å²) in [7, 11) is 0.921. The van der Waals surface area contributed by atoms with Crippen molar-refractivity contribution in [2.24, 2.45) is 29.6 Å². The fourth-order valence-corrected chi connectivity index (χ4v) is 7.63. The Balaban J connectivity index is 1.31. The number of allylic oxidation sites excluding steroid dienone is 1. The molecule has 3 fully saturated rings. The Morgan fingerprint density at radius 1 is 0.969 bits per heavy atom. The molecular weight excluding hydrogens is 408 g/mol. The van der Waals surface area contributed by atoms with Crippen molar-refractivity contribution in [3.63, 3.8) is 0 Å². The van der Waals surface area contributed by atoms with Crippen molar-refractivity contribution in [2.75, 3.05) is 13.2 Å². The molecule has 2 radical (unpaired) electrons. The van der Waals surface area contributed by atoms with E-state index in [1.54, 1.807) is 5.57 Å². The fraction of sp³-hybridized carbons (Fsp3) is 0.517. The number of benzene rings is 2. The number of ether oxygens (including phenoxy) is 2. The molecule has 0 bridgehead atoms. The zero-order valence-corrected chi connectivity index (χ0v) is 20.5. The average molecular weight is 445 g/mol. The van der Waals surface area contributed by atoms with Crippen molar-refractivity contribution in [2.45, 2.75) is 51.4 Å². The molecule has 0 aromatic heterocycles. The molecule has 168 valence electrons. The first-order chi connectivity index (χ1) is 15.6. The molecule has 2 aromatic rings. The Bertz CT molecular complexity index is 897. The van der Waals surface area contributed by atoms with Crippen LogP contribution in [-0.4, -0.2) is 28.5 Å². The second-order valence-electron chi connectivity index (χ2n) is 10.4. The van der Waals surface area contributed by atoms with Gasteiger partial charge in [0.1, 0.15) is 0 Å². The van der Waals surface area contributed by atoms with Crippen LogP contribution in [0.5, 0.6) is 0 Å². The van der Waals surface area contributed by atoms with Crippen LogP contribution in [0.3, 0.4) is 0 Å². The second kappa shape index (κ2) is 9.67. The highest BCUT2D eigenvalue weighted by atomic mass is 28.2. The summed E-state index contributed by atoms with van der Waals surface area (Å²) in [6.45, 7) is 5.62. The van der Waals surface area contributed by atoms with Crippen molar-refractivity contribution in [1.29, 1.82) is 0 Å². The maximum atomic E-state index is 5.94. The van der Waals surface area contributed by atoms with Crippen molar-refractivity contribution in [3.8, 4) is 0 Å². The van der Waals surface area contributed by atoms with E-state index >= 15 is 0 Å². The third-order valence-electron chi connectivity index (χ3n) is 7.87. The minimum Gasteiger partial charge on any atom is -0.350 e. The van der Waals surface area contributed by atoms with Crippen LogP contribution in [0.15, 0.2) is 72.3 Å². The van der Waals surface area contributed by atoms with Gasteiger partial charge in [0, 0.05) is 5.92 Å². The van der Waals surface area contributed by atoms with Crippen LogP contribution in [-0.2, 0) is 15.9 Å². The largest absolute Gasteiger partial charge is 0.350 e. The molecule has 1 aliphatic heterocycles. The molecule has 3 aliphatic rings. The van der Waals surface area contributed by atoms with Gasteiger partial charge in [-0.1, -0.05) is 83.5 Å². The van der Waals surface area contributed by atoms with E-state index < -0.39 is 5.79 Å². The van der Waals surface area contributed by atoms with Gasteiger partial charge in [-0.3, -0.25) is 0 Å². The third kappa shape index (κ3) is 5.11. The summed E-state index contributed by atoms with van der Waals surface area (Å²) in [6, 6.07) is 23.6. The van der Waals surface area contributed by atoms with E-state index in [0.29, 0.717) is 5.92 Å². The summed E-state index contributed by atoms with van der Waals surface area (Å²) in [4.78, 5) is 0. The number of hydrogen-bond donors (Lipinski definition) is 0. The minimum absolute atomic E-state index is 0.412. The summed E-state index contributed by atoms with van der Waals surface area (Å²) in [5, 5.41) is 1.51. The monoisotopic (exact) mass is 444 g/mol. The van der Waals surface area contributed by atoms with Crippen LogP contribution in [0.4, 0.5) is 0 Å². The molecule has 0 spiro atoms. The van der Waals surface area contributed by atoms with Gasteiger partial charge in [-0.05, 0) is 68.8 Å². The SMILES string of the molecule is CC1(C)OCC(/C=C2\CC[C@H]3[C@@H](Cc4ccccc4)[C@H](C[Si]c4ccccc4)C[C@H]23)CO1. The standard InChI is InChI=1S/C29H36O2Si/c1-29(2)30-18-22(19-31-29)15-23-13-14-26-27(16-21-9-5-3-6-10-21)24(17-28(23)26)20-32-25-11-7-4-8-12-25/h3-12,15,22,24,26-28H,13-14,16-20H2,1-2H3/b23-15+/t24-,26-,27-,28+/m0/s1. The summed E-state index contributed by atoms with van der Waals surface area (Å²) in [5.74, 6) is 3.23. The molecule has 4 atom stereocenters. The molecule has 2 nitrogen and oxygen atoms in total. The normalized spacial score (nSPS) is 31.1. The maximum Gasteiger partial charge on any atom is 0.162 e. The third-order valence-corrected chi connectivity index (χ3v) is 9.34. The average Bonchev–Trinajstić information content (AvgIpc) is 3.35. The van der Waals surface area contributed by atoms with Gasteiger partial charge in [0.15, 0.2) is 5.79 Å². The highest BCUT2D eigenvalue weighted by molar-refractivity contribution is 6.53. The van der Waals surface area contributed by atoms with Crippen molar-refractivity contribution >= 4 is 14.7 Å². The van der Waals surface area contributed by atoms with Gasteiger partial charge in [-0.2, -0.15) is 0 Å². The van der Waals surface area contributed by atoms with E-state index in [2.05, 4.69) is 66.7 Å². The molecule has 0 unspecified atom stereocenters. The number of fused-ring (bicyclic) bond motifs is 1. The van der Waals surface area contributed by atoms with E-state index in [9.17, 15) is 0 Å². The molecule has 0 N–H and O–H groups in total. The Labute approximate surface area is 196 Å². The molecule has 1 saturated heterocycles.